The van der Waals surface area contributed by atoms with Crippen LogP contribution in [0.3, 0.4) is 0 Å². The minimum atomic E-state index is -0.893. The Morgan fingerprint density at radius 3 is 2.31 bits per heavy atom. The third-order valence-electron chi connectivity index (χ3n) is 2.46. The van der Waals surface area contributed by atoms with Crippen molar-refractivity contribution in [3.63, 3.8) is 0 Å². The second-order valence-electron chi connectivity index (χ2n) is 3.68. The number of aliphatic hydroxyl groups is 2. The average molecular weight is 231 g/mol. The summed E-state index contributed by atoms with van der Waals surface area (Å²) >= 11 is 0. The highest BCUT2D eigenvalue weighted by molar-refractivity contribution is 5.17. The Balaban J connectivity index is 2.69. The second-order valence-corrected chi connectivity index (χ2v) is 3.68. The quantitative estimate of drug-likeness (QED) is 0.786. The van der Waals surface area contributed by atoms with E-state index in [0.29, 0.717) is 12.1 Å². The molecule has 0 radical (unpaired) electrons. The van der Waals surface area contributed by atoms with Crippen LogP contribution in [0, 0.1) is 11.6 Å². The molecule has 3 nitrogen and oxygen atoms in total. The van der Waals surface area contributed by atoms with Crippen molar-refractivity contribution < 1.29 is 19.0 Å². The number of hydrogen-bond donors (Lipinski definition) is 2. The number of halogens is 2. The van der Waals surface area contributed by atoms with E-state index in [0.717, 1.165) is 12.1 Å². The lowest BCUT2D eigenvalue weighted by molar-refractivity contribution is 0.0873. The maximum Gasteiger partial charge on any atom is 0.159 e. The van der Waals surface area contributed by atoms with E-state index in [-0.39, 0.29) is 13.2 Å². The van der Waals surface area contributed by atoms with Gasteiger partial charge in [-0.2, -0.15) is 0 Å². The number of aliphatic hydroxyl groups excluding tert-OH is 2. The highest BCUT2D eigenvalue weighted by atomic mass is 19.2. The third-order valence-corrected chi connectivity index (χ3v) is 2.46. The number of hydrogen-bond acceptors (Lipinski definition) is 3. The molecule has 1 aromatic rings. The van der Waals surface area contributed by atoms with Gasteiger partial charge in [0, 0.05) is 6.54 Å². The molecule has 0 aliphatic carbocycles. The van der Waals surface area contributed by atoms with Crippen LogP contribution in [0.15, 0.2) is 18.2 Å². The monoisotopic (exact) mass is 231 g/mol. The molecule has 0 spiro atoms. The van der Waals surface area contributed by atoms with Gasteiger partial charge in [0.1, 0.15) is 0 Å². The fourth-order valence-corrected chi connectivity index (χ4v) is 1.39. The standard InChI is InChI=1S/C11H15F2NO2/c1-14(9(6-15)7-16)5-8-2-3-10(12)11(13)4-8/h2-4,9,15-16H,5-7H2,1H3. The minimum absolute atomic E-state index is 0.184. The molecular formula is C11H15F2NO2. The van der Waals surface area contributed by atoms with E-state index in [9.17, 15) is 8.78 Å². The predicted octanol–water partition coefficient (Wildman–Crippen LogP) is 0.750. The van der Waals surface area contributed by atoms with Crippen molar-refractivity contribution in [3.05, 3.63) is 35.4 Å². The molecule has 1 rings (SSSR count). The molecule has 0 unspecified atom stereocenters. The molecule has 0 aromatic heterocycles. The van der Waals surface area contributed by atoms with Crippen LogP contribution in [0.5, 0.6) is 0 Å². The lowest BCUT2D eigenvalue weighted by Crippen LogP contribution is -2.37. The molecule has 0 aliphatic rings. The van der Waals surface area contributed by atoms with E-state index in [1.54, 1.807) is 11.9 Å². The van der Waals surface area contributed by atoms with Crippen molar-refractivity contribution in [1.82, 2.24) is 4.90 Å². The van der Waals surface area contributed by atoms with Gasteiger partial charge in [-0.05, 0) is 24.7 Å². The number of nitrogens with zero attached hydrogens (tertiary/aromatic N) is 1. The van der Waals surface area contributed by atoms with Crippen molar-refractivity contribution >= 4 is 0 Å². The van der Waals surface area contributed by atoms with Gasteiger partial charge >= 0.3 is 0 Å². The maximum atomic E-state index is 12.9. The Bertz CT molecular complexity index is 343. The van der Waals surface area contributed by atoms with E-state index in [1.807, 2.05) is 0 Å². The van der Waals surface area contributed by atoms with Gasteiger partial charge in [-0.1, -0.05) is 6.07 Å². The molecular weight excluding hydrogens is 216 g/mol. The Hall–Kier alpha value is -1.04. The zero-order chi connectivity index (χ0) is 12.1. The SMILES string of the molecule is CN(Cc1ccc(F)c(F)c1)C(CO)CO. The lowest BCUT2D eigenvalue weighted by Gasteiger charge is -2.24. The van der Waals surface area contributed by atoms with Crippen molar-refractivity contribution in [2.75, 3.05) is 20.3 Å². The molecule has 0 saturated carbocycles. The van der Waals surface area contributed by atoms with Gasteiger partial charge < -0.3 is 10.2 Å². The molecule has 1 aromatic carbocycles. The summed E-state index contributed by atoms with van der Waals surface area (Å²) in [6.45, 7) is -0.0314. The summed E-state index contributed by atoms with van der Waals surface area (Å²) in [6, 6.07) is 3.25. The fraction of sp³-hybridized carbons (Fsp3) is 0.455. The fourth-order valence-electron chi connectivity index (χ4n) is 1.39. The molecule has 2 N–H and O–H groups in total. The predicted molar refractivity (Wildman–Crippen MR) is 55.8 cm³/mol. The van der Waals surface area contributed by atoms with Crippen LogP contribution in [-0.4, -0.2) is 41.4 Å². The first-order valence-corrected chi connectivity index (χ1v) is 4.94. The van der Waals surface area contributed by atoms with Crippen LogP contribution in [0.4, 0.5) is 8.78 Å². The highest BCUT2D eigenvalue weighted by Crippen LogP contribution is 2.11. The van der Waals surface area contributed by atoms with Crippen molar-refractivity contribution in [2.45, 2.75) is 12.6 Å². The highest BCUT2D eigenvalue weighted by Gasteiger charge is 2.13. The van der Waals surface area contributed by atoms with Crippen LogP contribution < -0.4 is 0 Å². The molecule has 16 heavy (non-hydrogen) atoms. The molecule has 0 bridgehead atoms. The van der Waals surface area contributed by atoms with Crippen molar-refractivity contribution in [3.8, 4) is 0 Å². The molecule has 90 valence electrons. The summed E-state index contributed by atoms with van der Waals surface area (Å²) in [5.41, 5.74) is 0.591. The van der Waals surface area contributed by atoms with Gasteiger partial charge in [0.15, 0.2) is 11.6 Å². The molecule has 0 saturated heterocycles. The molecule has 0 atom stereocenters. The topological polar surface area (TPSA) is 43.7 Å². The van der Waals surface area contributed by atoms with Crippen LogP contribution in [-0.2, 0) is 6.54 Å². The van der Waals surface area contributed by atoms with Crippen LogP contribution in [0.1, 0.15) is 5.56 Å². The zero-order valence-electron chi connectivity index (χ0n) is 9.03. The lowest BCUT2D eigenvalue weighted by atomic mass is 10.2. The molecule has 0 aliphatic heterocycles. The van der Waals surface area contributed by atoms with Crippen LogP contribution in [0.25, 0.3) is 0 Å². The first kappa shape index (κ1) is 13.0. The largest absolute Gasteiger partial charge is 0.395 e. The Morgan fingerprint density at radius 2 is 1.81 bits per heavy atom. The van der Waals surface area contributed by atoms with Gasteiger partial charge in [0.2, 0.25) is 0 Å². The maximum absolute atomic E-state index is 12.9. The van der Waals surface area contributed by atoms with E-state index >= 15 is 0 Å². The normalized spacial score (nSPS) is 11.4. The third kappa shape index (κ3) is 3.23. The van der Waals surface area contributed by atoms with Gasteiger partial charge in [-0.25, -0.2) is 8.78 Å². The number of likely N-dealkylation sites (N-methyl/N-ethyl adjacent to an activating group) is 1. The van der Waals surface area contributed by atoms with Crippen LogP contribution in [0.2, 0.25) is 0 Å². The second kappa shape index (κ2) is 5.89. The van der Waals surface area contributed by atoms with E-state index in [2.05, 4.69) is 0 Å². The minimum Gasteiger partial charge on any atom is -0.395 e. The summed E-state index contributed by atoms with van der Waals surface area (Å²) < 4.78 is 25.6. The average Bonchev–Trinajstić information content (AvgIpc) is 2.25. The van der Waals surface area contributed by atoms with Gasteiger partial charge in [-0.15, -0.1) is 0 Å². The summed E-state index contributed by atoms with van der Waals surface area (Å²) in [7, 11) is 1.69. The first-order chi connectivity index (χ1) is 7.58. The van der Waals surface area contributed by atoms with Crippen molar-refractivity contribution in [1.29, 1.82) is 0 Å². The Morgan fingerprint density at radius 1 is 1.19 bits per heavy atom. The van der Waals surface area contributed by atoms with Gasteiger partial charge in [-0.3, -0.25) is 4.90 Å². The van der Waals surface area contributed by atoms with E-state index in [4.69, 9.17) is 10.2 Å². The molecule has 0 amide bonds. The smallest absolute Gasteiger partial charge is 0.159 e. The van der Waals surface area contributed by atoms with Gasteiger partial charge in [0.05, 0.1) is 19.3 Å². The van der Waals surface area contributed by atoms with E-state index in [1.165, 1.54) is 6.07 Å². The summed E-state index contributed by atoms with van der Waals surface area (Å²) in [6.07, 6.45) is 0. The summed E-state index contributed by atoms with van der Waals surface area (Å²) in [5.74, 6) is -1.78. The summed E-state index contributed by atoms with van der Waals surface area (Å²) in [4.78, 5) is 1.67. The molecule has 0 fully saturated rings. The van der Waals surface area contributed by atoms with Crippen molar-refractivity contribution in [2.24, 2.45) is 0 Å². The Kier molecular flexibility index (Phi) is 4.79. The molecule has 5 heteroatoms. The zero-order valence-corrected chi connectivity index (χ0v) is 9.03. The Labute approximate surface area is 92.9 Å². The molecule has 0 heterocycles. The number of rotatable bonds is 5. The van der Waals surface area contributed by atoms with E-state index < -0.39 is 17.7 Å². The summed E-state index contributed by atoms with van der Waals surface area (Å²) in [5, 5.41) is 17.9. The van der Waals surface area contributed by atoms with Crippen LogP contribution >= 0.6 is 0 Å². The van der Waals surface area contributed by atoms with Gasteiger partial charge in [0.25, 0.3) is 0 Å². The first-order valence-electron chi connectivity index (χ1n) is 4.94. The number of benzene rings is 1.